The minimum absolute atomic E-state index is 0.0775. The Bertz CT molecular complexity index is 1410. The molecular formula is C22H17N5O4S. The van der Waals surface area contributed by atoms with Crippen LogP contribution >= 0.6 is 11.3 Å². The highest BCUT2D eigenvalue weighted by Crippen LogP contribution is 2.30. The highest BCUT2D eigenvalue weighted by molar-refractivity contribution is 7.17. The van der Waals surface area contributed by atoms with Gasteiger partial charge in [-0.3, -0.25) is 24.3 Å². The van der Waals surface area contributed by atoms with E-state index in [0.29, 0.717) is 15.8 Å². The molecule has 0 saturated carbocycles. The summed E-state index contributed by atoms with van der Waals surface area (Å²) in [6.45, 7) is 1.72. The van der Waals surface area contributed by atoms with Gasteiger partial charge >= 0.3 is 0 Å². The van der Waals surface area contributed by atoms with Gasteiger partial charge in [0.15, 0.2) is 0 Å². The predicted octanol–water partition coefficient (Wildman–Crippen LogP) is 3.49. The molecular weight excluding hydrogens is 430 g/mol. The maximum Gasteiger partial charge on any atom is 0.270 e. The Hall–Kier alpha value is -4.18. The molecule has 0 aliphatic rings. The van der Waals surface area contributed by atoms with E-state index in [1.165, 1.54) is 46.6 Å². The number of carbonyl (C=O) groups excluding carboxylic acids is 1. The predicted molar refractivity (Wildman–Crippen MR) is 123 cm³/mol. The van der Waals surface area contributed by atoms with Crippen molar-refractivity contribution < 1.29 is 9.72 Å². The summed E-state index contributed by atoms with van der Waals surface area (Å²) in [6, 6.07) is 13.7. The van der Waals surface area contributed by atoms with Gasteiger partial charge in [0, 0.05) is 28.6 Å². The van der Waals surface area contributed by atoms with Crippen LogP contribution in [0.1, 0.15) is 11.1 Å². The first-order chi connectivity index (χ1) is 15.4. The molecule has 160 valence electrons. The molecule has 2 heterocycles. The van der Waals surface area contributed by atoms with Crippen molar-refractivity contribution in [3.8, 4) is 11.1 Å². The molecule has 0 spiro atoms. The summed E-state index contributed by atoms with van der Waals surface area (Å²) in [5, 5.41) is 17.0. The van der Waals surface area contributed by atoms with Crippen molar-refractivity contribution in [2.24, 2.45) is 5.10 Å². The highest BCUT2D eigenvalue weighted by Gasteiger charge is 2.14. The lowest BCUT2D eigenvalue weighted by Gasteiger charge is -2.05. The van der Waals surface area contributed by atoms with Crippen molar-refractivity contribution >= 4 is 39.4 Å². The number of nitro benzene ring substituents is 1. The van der Waals surface area contributed by atoms with Crippen LogP contribution in [0.2, 0.25) is 0 Å². The summed E-state index contributed by atoms with van der Waals surface area (Å²) < 4.78 is 1.23. The highest BCUT2D eigenvalue weighted by atomic mass is 32.1. The Morgan fingerprint density at radius 3 is 2.81 bits per heavy atom. The minimum atomic E-state index is -0.526. The minimum Gasteiger partial charge on any atom is -0.289 e. The number of aryl methyl sites for hydroxylation is 1. The molecule has 32 heavy (non-hydrogen) atoms. The van der Waals surface area contributed by atoms with Crippen molar-refractivity contribution in [3.63, 3.8) is 0 Å². The van der Waals surface area contributed by atoms with Crippen LogP contribution in [0.25, 0.3) is 21.3 Å². The van der Waals surface area contributed by atoms with Gasteiger partial charge in [-0.05, 0) is 12.5 Å². The van der Waals surface area contributed by atoms with Crippen molar-refractivity contribution in [2.45, 2.75) is 13.5 Å². The summed E-state index contributed by atoms with van der Waals surface area (Å²) >= 11 is 1.37. The first-order valence-electron chi connectivity index (χ1n) is 9.52. The maximum absolute atomic E-state index is 13.0. The zero-order valence-corrected chi connectivity index (χ0v) is 17.7. The number of hydrazone groups is 1. The molecule has 0 aliphatic heterocycles. The number of nitro groups is 1. The Labute approximate surface area is 185 Å². The third-order valence-electron chi connectivity index (χ3n) is 4.72. The van der Waals surface area contributed by atoms with Gasteiger partial charge in [-0.15, -0.1) is 11.3 Å². The summed E-state index contributed by atoms with van der Waals surface area (Å²) in [6.07, 6.45) is 2.63. The Kier molecular flexibility index (Phi) is 5.86. The first kappa shape index (κ1) is 21.1. The number of fused-ring (bicyclic) bond motifs is 1. The second-order valence-corrected chi connectivity index (χ2v) is 7.88. The zero-order chi connectivity index (χ0) is 22.7. The van der Waals surface area contributed by atoms with Gasteiger partial charge in [0.1, 0.15) is 11.4 Å². The Balaban J connectivity index is 1.52. The molecule has 1 amide bonds. The third-order valence-corrected chi connectivity index (χ3v) is 5.61. The molecule has 0 bridgehead atoms. The third kappa shape index (κ3) is 4.44. The van der Waals surface area contributed by atoms with E-state index in [9.17, 15) is 19.7 Å². The number of amides is 1. The lowest BCUT2D eigenvalue weighted by molar-refractivity contribution is -0.384. The SMILES string of the molecule is Cc1ccc(-c2csc3ncn(CC(=O)NN=Cc4cccc([N+](=O)[O-])c4)c(=O)c23)cc1. The topological polar surface area (TPSA) is 119 Å². The number of hydrogen-bond acceptors (Lipinski definition) is 7. The van der Waals surface area contributed by atoms with E-state index in [-0.39, 0.29) is 17.8 Å². The number of thiophene rings is 1. The molecule has 1 N–H and O–H groups in total. The first-order valence-corrected chi connectivity index (χ1v) is 10.4. The van der Waals surface area contributed by atoms with Crippen LogP contribution in [0.3, 0.4) is 0 Å². The maximum atomic E-state index is 13.0. The average Bonchev–Trinajstić information content (AvgIpc) is 3.21. The number of nitrogens with one attached hydrogen (secondary N) is 1. The van der Waals surface area contributed by atoms with Gasteiger partial charge in [-0.25, -0.2) is 10.4 Å². The molecule has 10 heteroatoms. The molecule has 0 atom stereocenters. The normalized spacial score (nSPS) is 11.2. The summed E-state index contributed by atoms with van der Waals surface area (Å²) in [7, 11) is 0. The van der Waals surface area contributed by atoms with Crippen molar-refractivity contribution in [1.29, 1.82) is 0 Å². The van der Waals surface area contributed by atoms with E-state index in [2.05, 4.69) is 15.5 Å². The smallest absolute Gasteiger partial charge is 0.270 e. The van der Waals surface area contributed by atoms with Crippen LogP contribution < -0.4 is 11.0 Å². The molecule has 0 radical (unpaired) electrons. The van der Waals surface area contributed by atoms with Crippen LogP contribution in [0.5, 0.6) is 0 Å². The van der Waals surface area contributed by atoms with Crippen LogP contribution in [-0.4, -0.2) is 26.6 Å². The fourth-order valence-corrected chi connectivity index (χ4v) is 4.02. The molecule has 0 aliphatic carbocycles. The van der Waals surface area contributed by atoms with E-state index in [4.69, 9.17) is 0 Å². The molecule has 9 nitrogen and oxygen atoms in total. The Morgan fingerprint density at radius 1 is 1.28 bits per heavy atom. The van der Waals surface area contributed by atoms with Crippen LogP contribution in [0.15, 0.2) is 70.1 Å². The quantitative estimate of drug-likeness (QED) is 0.276. The van der Waals surface area contributed by atoms with E-state index >= 15 is 0 Å². The summed E-state index contributed by atoms with van der Waals surface area (Å²) in [5.41, 5.74) is 5.19. The fraction of sp³-hybridized carbons (Fsp3) is 0.0909. The zero-order valence-electron chi connectivity index (χ0n) is 16.9. The Morgan fingerprint density at radius 2 is 2.06 bits per heavy atom. The van der Waals surface area contributed by atoms with Gasteiger partial charge < -0.3 is 0 Å². The number of non-ortho nitro benzene ring substituents is 1. The molecule has 4 rings (SSSR count). The summed E-state index contributed by atoms with van der Waals surface area (Å²) in [4.78, 5) is 40.5. The van der Waals surface area contributed by atoms with Gasteiger partial charge in [0.2, 0.25) is 0 Å². The average molecular weight is 447 g/mol. The molecule has 0 fully saturated rings. The van der Waals surface area contributed by atoms with Gasteiger partial charge in [0.05, 0.1) is 22.9 Å². The van der Waals surface area contributed by atoms with E-state index in [1.807, 2.05) is 36.6 Å². The second kappa shape index (κ2) is 8.90. The number of aromatic nitrogens is 2. The van der Waals surface area contributed by atoms with Crippen LogP contribution in [0.4, 0.5) is 5.69 Å². The van der Waals surface area contributed by atoms with E-state index < -0.39 is 10.8 Å². The van der Waals surface area contributed by atoms with Crippen LogP contribution in [0, 0.1) is 17.0 Å². The van der Waals surface area contributed by atoms with Crippen molar-refractivity contribution in [2.75, 3.05) is 0 Å². The second-order valence-electron chi connectivity index (χ2n) is 7.02. The lowest BCUT2D eigenvalue weighted by Crippen LogP contribution is -2.30. The number of hydrogen-bond donors (Lipinski definition) is 1. The van der Waals surface area contributed by atoms with Gasteiger partial charge in [-0.2, -0.15) is 5.10 Å². The number of nitrogens with zero attached hydrogens (tertiary/aromatic N) is 4. The fourth-order valence-electron chi connectivity index (χ4n) is 3.11. The number of carbonyl (C=O) groups is 1. The molecule has 2 aromatic carbocycles. The standard InChI is InChI=1S/C22H17N5O4S/c1-14-5-7-16(8-6-14)18-12-32-21-20(18)22(29)26(13-23-21)11-19(28)25-24-10-15-3-2-4-17(9-15)27(30)31/h2-10,12-13H,11H2,1H3,(H,25,28). The molecule has 4 aromatic rings. The van der Waals surface area contributed by atoms with Crippen molar-refractivity contribution in [1.82, 2.24) is 15.0 Å². The van der Waals surface area contributed by atoms with E-state index in [1.54, 1.807) is 6.07 Å². The number of rotatable bonds is 6. The van der Waals surface area contributed by atoms with Gasteiger partial charge in [0.25, 0.3) is 17.2 Å². The van der Waals surface area contributed by atoms with Crippen LogP contribution in [-0.2, 0) is 11.3 Å². The lowest BCUT2D eigenvalue weighted by atomic mass is 10.1. The van der Waals surface area contributed by atoms with E-state index in [0.717, 1.165) is 16.7 Å². The van der Waals surface area contributed by atoms with Gasteiger partial charge in [-0.1, -0.05) is 42.0 Å². The molecule has 0 saturated heterocycles. The molecule has 2 aromatic heterocycles. The number of benzene rings is 2. The largest absolute Gasteiger partial charge is 0.289 e. The molecule has 0 unspecified atom stereocenters. The monoisotopic (exact) mass is 447 g/mol. The van der Waals surface area contributed by atoms with Crippen molar-refractivity contribution in [3.05, 3.63) is 91.8 Å². The summed E-state index contributed by atoms with van der Waals surface area (Å²) in [5.74, 6) is -0.526.